The van der Waals surface area contributed by atoms with Crippen LogP contribution < -0.4 is 4.90 Å². The number of allylic oxidation sites excluding steroid dienone is 6. The SMILES string of the molecule is COCCOCCOCCC1(C)C(=CC=CC=CC2=[N+](CCCS(=O)(=O)O)c3ccc(S(=O)(=O)O)cc3C2(C)CCCS(=O)(=O)O)N(CCCCCC(=O)O)c2ccc(S(=O)(=O)O)cc21. The number of rotatable bonds is 28. The molecule has 0 radical (unpaired) electrons. The van der Waals surface area contributed by atoms with Crippen molar-refractivity contribution in [2.24, 2.45) is 0 Å². The summed E-state index contributed by atoms with van der Waals surface area (Å²) in [5.74, 6) is -2.12. The van der Waals surface area contributed by atoms with Crippen LogP contribution in [-0.4, -0.2) is 138 Å². The van der Waals surface area contributed by atoms with Gasteiger partial charge in [0.05, 0.1) is 53.1 Å². The molecule has 19 nitrogen and oxygen atoms in total. The molecule has 2 aliphatic heterocycles. The monoisotopic (exact) mass is 991 g/mol. The molecular formula is C42H59N2O17S4+. The quantitative estimate of drug-likeness (QED) is 0.0325. The molecule has 0 saturated heterocycles. The zero-order valence-electron chi connectivity index (χ0n) is 36.5. The van der Waals surface area contributed by atoms with Gasteiger partial charge in [0.1, 0.15) is 6.54 Å². The van der Waals surface area contributed by atoms with Gasteiger partial charge in [-0.2, -0.15) is 38.2 Å². The number of aliphatic carboxylic acids is 1. The molecule has 362 valence electrons. The summed E-state index contributed by atoms with van der Waals surface area (Å²) < 4.78 is 153. The number of benzene rings is 2. The van der Waals surface area contributed by atoms with Crippen molar-refractivity contribution in [3.8, 4) is 0 Å². The molecule has 0 aliphatic carbocycles. The van der Waals surface area contributed by atoms with Gasteiger partial charge in [-0.1, -0.05) is 24.6 Å². The minimum absolute atomic E-state index is 0.000355. The van der Waals surface area contributed by atoms with E-state index in [0.29, 0.717) is 80.3 Å². The van der Waals surface area contributed by atoms with Gasteiger partial charge in [-0.05, 0) is 87.9 Å². The normalized spacial score (nSPS) is 19.9. The zero-order valence-corrected chi connectivity index (χ0v) is 39.8. The Bertz CT molecular complexity index is 2610. The van der Waals surface area contributed by atoms with Crippen molar-refractivity contribution >= 4 is 63.5 Å². The number of anilines is 1. The van der Waals surface area contributed by atoms with Crippen molar-refractivity contribution in [3.63, 3.8) is 0 Å². The number of carboxylic acid groups (broad SMARTS) is 1. The van der Waals surface area contributed by atoms with E-state index in [0.717, 1.165) is 5.70 Å². The van der Waals surface area contributed by atoms with Crippen molar-refractivity contribution in [1.82, 2.24) is 0 Å². The zero-order chi connectivity index (χ0) is 48.3. The number of ether oxygens (including phenoxy) is 3. The standard InChI is InChI=1S/C42H58N2O17S4/c1-41(19-10-28-62(47,48)49)34-30-32(64(53,54)55)15-17-36(34)44(22-11-29-63(50,51)52)38(41)12-6-4-7-13-39-42(2,20-23-60-26-27-61-25-24-59-3)35-31-33(65(56,57)58)16-18-37(35)43(39)21-9-5-8-14-40(45)46/h4,6-7,12-13,15-18,30-31H,5,8-11,14,19-29H2,1-3H3,(H4-,45,46,47,48,49,50,51,52,53,54,55,56,57,58)/p+1. The van der Waals surface area contributed by atoms with Gasteiger partial charge < -0.3 is 24.2 Å². The Labute approximate surface area is 381 Å². The van der Waals surface area contributed by atoms with Gasteiger partial charge in [-0.25, -0.2) is 0 Å². The lowest BCUT2D eigenvalue weighted by Crippen LogP contribution is -2.32. The summed E-state index contributed by atoms with van der Waals surface area (Å²) >= 11 is 0. The maximum absolute atomic E-state index is 12.4. The summed E-state index contributed by atoms with van der Waals surface area (Å²) in [6.07, 6.45) is 10.5. The Morgan fingerprint density at radius 1 is 0.692 bits per heavy atom. The fourth-order valence-electron chi connectivity index (χ4n) is 8.23. The molecule has 2 aromatic carbocycles. The van der Waals surface area contributed by atoms with Crippen molar-refractivity contribution in [2.45, 2.75) is 85.8 Å². The van der Waals surface area contributed by atoms with E-state index in [1.807, 2.05) is 17.9 Å². The number of carbonyl (C=O) groups is 1. The predicted molar refractivity (Wildman–Crippen MR) is 242 cm³/mol. The van der Waals surface area contributed by atoms with E-state index in [1.165, 1.54) is 30.3 Å². The smallest absolute Gasteiger partial charge is 0.303 e. The third-order valence-corrected chi connectivity index (χ3v) is 14.7. The number of unbranched alkanes of at least 4 members (excludes halogenated alkanes) is 2. The molecule has 4 rings (SSSR count). The van der Waals surface area contributed by atoms with Crippen molar-refractivity contribution in [2.75, 3.05) is 69.6 Å². The molecule has 2 unspecified atom stereocenters. The Kier molecular flexibility index (Phi) is 18.8. The molecule has 65 heavy (non-hydrogen) atoms. The number of fused-ring (bicyclic) bond motifs is 2. The Morgan fingerprint density at radius 2 is 1.29 bits per heavy atom. The van der Waals surface area contributed by atoms with Crippen LogP contribution in [0.3, 0.4) is 0 Å². The highest BCUT2D eigenvalue weighted by Gasteiger charge is 2.48. The Balaban J connectivity index is 1.80. The molecule has 0 fully saturated rings. The van der Waals surface area contributed by atoms with Gasteiger partial charge in [0.15, 0.2) is 5.71 Å². The van der Waals surface area contributed by atoms with E-state index in [-0.39, 0.29) is 50.3 Å². The molecule has 2 atom stereocenters. The van der Waals surface area contributed by atoms with Crippen LogP contribution in [0.5, 0.6) is 0 Å². The second-order valence-corrected chi connectivity index (χ2v) is 22.1. The molecule has 23 heteroatoms. The molecule has 0 saturated carbocycles. The summed E-state index contributed by atoms with van der Waals surface area (Å²) in [5.41, 5.74) is 1.31. The van der Waals surface area contributed by atoms with E-state index in [1.54, 1.807) is 49.0 Å². The third-order valence-electron chi connectivity index (χ3n) is 11.4. The highest BCUT2D eigenvalue weighted by atomic mass is 32.2. The molecular weight excluding hydrogens is 933 g/mol. The summed E-state index contributed by atoms with van der Waals surface area (Å²) in [4.78, 5) is 12.5. The van der Waals surface area contributed by atoms with Gasteiger partial charge in [-0.3, -0.25) is 23.0 Å². The molecule has 2 aliphatic rings. The first-order valence-electron chi connectivity index (χ1n) is 20.8. The van der Waals surface area contributed by atoms with Crippen LogP contribution >= 0.6 is 0 Å². The number of nitrogens with zero attached hydrogens (tertiary/aromatic N) is 2. The number of hydrogen-bond donors (Lipinski definition) is 5. The van der Waals surface area contributed by atoms with Crippen LogP contribution in [0.15, 0.2) is 82.3 Å². The minimum Gasteiger partial charge on any atom is -0.481 e. The molecule has 0 spiro atoms. The van der Waals surface area contributed by atoms with Crippen molar-refractivity contribution in [1.29, 1.82) is 0 Å². The Morgan fingerprint density at radius 3 is 1.91 bits per heavy atom. The van der Waals surface area contributed by atoms with Gasteiger partial charge in [0.2, 0.25) is 5.69 Å². The maximum atomic E-state index is 12.4. The topological polar surface area (TPSA) is 289 Å². The van der Waals surface area contributed by atoms with Crippen LogP contribution in [0.1, 0.15) is 76.3 Å². The van der Waals surface area contributed by atoms with E-state index in [4.69, 9.17) is 14.2 Å². The lowest BCUT2D eigenvalue weighted by Gasteiger charge is -2.30. The van der Waals surface area contributed by atoms with Crippen LogP contribution in [0.2, 0.25) is 0 Å². The summed E-state index contributed by atoms with van der Waals surface area (Å²) in [5, 5.41) is 9.18. The maximum Gasteiger partial charge on any atom is 0.303 e. The molecule has 0 bridgehead atoms. The average Bonchev–Trinajstić information content (AvgIpc) is 3.56. The van der Waals surface area contributed by atoms with Gasteiger partial charge in [0, 0.05) is 67.6 Å². The van der Waals surface area contributed by atoms with Crippen molar-refractivity contribution < 1.29 is 80.6 Å². The summed E-state index contributed by atoms with van der Waals surface area (Å²) in [6.45, 7) is 5.72. The first-order valence-corrected chi connectivity index (χ1v) is 26.9. The third kappa shape index (κ3) is 15.1. The first-order chi connectivity index (χ1) is 30.3. The fourth-order valence-corrected chi connectivity index (χ4v) is 10.2. The molecule has 0 aromatic heterocycles. The van der Waals surface area contributed by atoms with E-state index >= 15 is 0 Å². The lowest BCUT2D eigenvalue weighted by atomic mass is 9.76. The number of carboxylic acids is 1. The second kappa shape index (κ2) is 22.7. The van der Waals surface area contributed by atoms with Crippen LogP contribution in [-0.2, 0) is 70.3 Å². The lowest BCUT2D eigenvalue weighted by molar-refractivity contribution is -0.437. The van der Waals surface area contributed by atoms with E-state index < -0.39 is 73.7 Å². The highest BCUT2D eigenvalue weighted by Crippen LogP contribution is 2.51. The minimum atomic E-state index is -4.69. The largest absolute Gasteiger partial charge is 0.481 e. The predicted octanol–water partition coefficient (Wildman–Crippen LogP) is 4.97. The van der Waals surface area contributed by atoms with E-state index in [9.17, 15) is 61.8 Å². The van der Waals surface area contributed by atoms with Gasteiger partial charge in [0.25, 0.3) is 40.5 Å². The highest BCUT2D eigenvalue weighted by molar-refractivity contribution is 7.86. The number of hydrogen-bond acceptors (Lipinski definition) is 13. The van der Waals surface area contributed by atoms with Crippen molar-refractivity contribution in [3.05, 3.63) is 83.6 Å². The fraction of sp³-hybridized carbons (Fsp3) is 0.524. The van der Waals surface area contributed by atoms with E-state index in [2.05, 4.69) is 0 Å². The second-order valence-electron chi connectivity index (χ2n) is 16.2. The average molecular weight is 992 g/mol. The van der Waals surface area contributed by atoms with Crippen LogP contribution in [0.25, 0.3) is 0 Å². The molecule has 5 N–H and O–H groups in total. The Hall–Kier alpha value is -3.88. The molecule has 2 aromatic rings. The first kappa shape index (κ1) is 53.7. The summed E-state index contributed by atoms with van der Waals surface area (Å²) in [7, 11) is -16.5. The van der Waals surface area contributed by atoms with Crippen LogP contribution in [0, 0.1) is 0 Å². The molecule has 2 heterocycles. The summed E-state index contributed by atoms with van der Waals surface area (Å²) in [6, 6.07) is 8.23. The van der Waals surface area contributed by atoms with Gasteiger partial charge in [-0.15, -0.1) is 0 Å². The molecule has 0 amide bonds. The number of methoxy groups -OCH3 is 1. The van der Waals surface area contributed by atoms with Gasteiger partial charge >= 0.3 is 5.97 Å². The van der Waals surface area contributed by atoms with Crippen LogP contribution in [0.4, 0.5) is 11.4 Å².